The minimum atomic E-state index is -4.38. The van der Waals surface area contributed by atoms with Crippen LogP contribution in [0.3, 0.4) is 0 Å². The van der Waals surface area contributed by atoms with Gasteiger partial charge in [-0.05, 0) is 31.9 Å². The Hall–Kier alpha value is -1.63. The molecule has 0 aromatic carbocycles. The number of pyridine rings is 1. The summed E-state index contributed by atoms with van der Waals surface area (Å²) in [6, 6.07) is 2.30. The number of hydrogen-bond donors (Lipinski definition) is 1. The van der Waals surface area contributed by atoms with Gasteiger partial charge in [0.2, 0.25) is 5.91 Å². The van der Waals surface area contributed by atoms with Crippen molar-refractivity contribution in [1.82, 2.24) is 15.4 Å². The van der Waals surface area contributed by atoms with Crippen LogP contribution in [0.25, 0.3) is 0 Å². The highest BCUT2D eigenvalue weighted by Gasteiger charge is 2.33. The molecule has 1 aliphatic rings. The number of alkyl halides is 3. The van der Waals surface area contributed by atoms with E-state index in [0.29, 0.717) is 12.2 Å². The summed E-state index contributed by atoms with van der Waals surface area (Å²) in [5.74, 6) is 0.141. The summed E-state index contributed by atoms with van der Waals surface area (Å²) < 4.78 is 37.1. The molecule has 0 saturated heterocycles. The van der Waals surface area contributed by atoms with Crippen LogP contribution in [0, 0.1) is 5.92 Å². The predicted octanol–water partition coefficient (Wildman–Crippen LogP) is 2.36. The lowest BCUT2D eigenvalue weighted by Crippen LogP contribution is -2.43. The molecule has 1 saturated carbocycles. The third kappa shape index (κ3) is 3.69. The number of carbonyl (C=O) groups is 1. The van der Waals surface area contributed by atoms with E-state index in [9.17, 15) is 18.0 Å². The van der Waals surface area contributed by atoms with Crippen LogP contribution in [-0.4, -0.2) is 22.4 Å². The van der Waals surface area contributed by atoms with E-state index in [2.05, 4.69) is 10.4 Å². The molecule has 1 amide bonds. The van der Waals surface area contributed by atoms with Crippen LogP contribution in [0.5, 0.6) is 0 Å². The Morgan fingerprint density at radius 2 is 2.15 bits per heavy atom. The lowest BCUT2D eigenvalue weighted by molar-refractivity contribution is -0.138. The first-order chi connectivity index (χ1) is 9.41. The lowest BCUT2D eigenvalue weighted by Gasteiger charge is -2.21. The van der Waals surface area contributed by atoms with Gasteiger partial charge in [0.25, 0.3) is 0 Å². The fourth-order valence-electron chi connectivity index (χ4n) is 1.77. The molecule has 0 atom stereocenters. The highest BCUT2D eigenvalue weighted by atomic mass is 19.4. The second kappa shape index (κ2) is 5.78. The largest absolute Gasteiger partial charge is 0.417 e. The van der Waals surface area contributed by atoms with Crippen molar-refractivity contribution in [3.05, 3.63) is 29.6 Å². The number of rotatable bonds is 5. The van der Waals surface area contributed by atoms with Gasteiger partial charge >= 0.3 is 6.18 Å². The molecule has 1 N–H and O–H groups in total. The summed E-state index contributed by atoms with van der Waals surface area (Å²) in [5.41, 5.74) is 2.59. The Bertz CT molecular complexity index is 469. The van der Waals surface area contributed by atoms with E-state index in [1.54, 1.807) is 0 Å². The molecule has 0 aliphatic heterocycles. The van der Waals surface area contributed by atoms with Crippen molar-refractivity contribution >= 4 is 5.91 Å². The molecule has 110 valence electrons. The molecule has 0 spiro atoms. The maximum absolute atomic E-state index is 12.4. The van der Waals surface area contributed by atoms with E-state index in [1.165, 1.54) is 11.1 Å². The molecule has 1 heterocycles. The average molecular weight is 287 g/mol. The third-order valence-electron chi connectivity index (χ3n) is 3.11. The normalized spacial score (nSPS) is 15.2. The number of nitrogens with zero attached hydrogens (tertiary/aromatic N) is 2. The monoisotopic (exact) mass is 287 g/mol. The summed E-state index contributed by atoms with van der Waals surface area (Å²) >= 11 is 0. The van der Waals surface area contributed by atoms with Crippen molar-refractivity contribution in [3.63, 3.8) is 0 Å². The predicted molar refractivity (Wildman–Crippen MR) is 66.2 cm³/mol. The molecule has 2 rings (SSSR count). The van der Waals surface area contributed by atoms with Gasteiger partial charge in [0.15, 0.2) is 0 Å². The zero-order valence-corrected chi connectivity index (χ0v) is 11.1. The van der Waals surface area contributed by atoms with Crippen LogP contribution in [0.15, 0.2) is 18.3 Å². The number of halogens is 3. The quantitative estimate of drug-likeness (QED) is 0.846. The summed E-state index contributed by atoms with van der Waals surface area (Å²) in [7, 11) is 0. The van der Waals surface area contributed by atoms with Gasteiger partial charge in [-0.3, -0.25) is 14.8 Å². The van der Waals surface area contributed by atoms with E-state index < -0.39 is 11.7 Å². The van der Waals surface area contributed by atoms with Crippen LogP contribution in [0.1, 0.15) is 31.0 Å². The number of amides is 1. The van der Waals surface area contributed by atoms with Gasteiger partial charge in [0, 0.05) is 18.7 Å². The fourth-order valence-corrected chi connectivity index (χ4v) is 1.77. The fraction of sp³-hybridized carbons (Fsp3) is 0.538. The summed E-state index contributed by atoms with van der Waals surface area (Å²) in [6.07, 6.45) is -1.75. The van der Waals surface area contributed by atoms with Crippen molar-refractivity contribution in [1.29, 1.82) is 0 Å². The molecule has 1 aliphatic carbocycles. The van der Waals surface area contributed by atoms with Crippen LogP contribution in [0.2, 0.25) is 0 Å². The molecule has 7 heteroatoms. The first-order valence-electron chi connectivity index (χ1n) is 6.49. The van der Waals surface area contributed by atoms with E-state index in [1.807, 2.05) is 6.92 Å². The van der Waals surface area contributed by atoms with E-state index in [4.69, 9.17) is 0 Å². The molecule has 1 aromatic rings. The topological polar surface area (TPSA) is 45.2 Å². The summed E-state index contributed by atoms with van der Waals surface area (Å²) in [4.78, 5) is 15.6. The Labute approximate surface area is 115 Å². The minimum absolute atomic E-state index is 0.0411. The van der Waals surface area contributed by atoms with Crippen molar-refractivity contribution in [2.75, 3.05) is 6.54 Å². The van der Waals surface area contributed by atoms with Gasteiger partial charge < -0.3 is 0 Å². The standard InChI is InChI=1S/C13H16F3N3O/c1-2-19(12(20)9-3-4-9)18-8-11-6-5-10(7-17-11)13(14,15)16/h5-7,9,18H,2-4,8H2,1H3. The highest BCUT2D eigenvalue weighted by Crippen LogP contribution is 2.30. The zero-order chi connectivity index (χ0) is 14.8. The Morgan fingerprint density at radius 3 is 2.60 bits per heavy atom. The van der Waals surface area contributed by atoms with Crippen LogP contribution >= 0.6 is 0 Å². The van der Waals surface area contributed by atoms with Crippen molar-refractivity contribution in [2.24, 2.45) is 5.92 Å². The highest BCUT2D eigenvalue weighted by molar-refractivity contribution is 5.80. The van der Waals surface area contributed by atoms with Crippen LogP contribution < -0.4 is 5.43 Å². The number of carbonyl (C=O) groups excluding carboxylic acids is 1. The average Bonchev–Trinajstić information content (AvgIpc) is 3.23. The maximum Gasteiger partial charge on any atom is 0.417 e. The van der Waals surface area contributed by atoms with Crippen LogP contribution in [0.4, 0.5) is 13.2 Å². The van der Waals surface area contributed by atoms with Gasteiger partial charge in [-0.2, -0.15) is 13.2 Å². The SMILES string of the molecule is CCN(NCc1ccc(C(F)(F)F)cn1)C(=O)C1CC1. The molecule has 0 unspecified atom stereocenters. The Balaban J connectivity index is 1.91. The van der Waals surface area contributed by atoms with Crippen molar-refractivity contribution in [3.8, 4) is 0 Å². The Kier molecular flexibility index (Phi) is 4.27. The smallest absolute Gasteiger partial charge is 0.278 e. The van der Waals surface area contributed by atoms with Crippen molar-refractivity contribution in [2.45, 2.75) is 32.5 Å². The molecule has 20 heavy (non-hydrogen) atoms. The number of nitrogens with one attached hydrogen (secondary N) is 1. The zero-order valence-electron chi connectivity index (χ0n) is 11.1. The third-order valence-corrected chi connectivity index (χ3v) is 3.11. The molecule has 4 nitrogen and oxygen atoms in total. The van der Waals surface area contributed by atoms with Crippen molar-refractivity contribution < 1.29 is 18.0 Å². The second-order valence-corrected chi connectivity index (χ2v) is 4.73. The second-order valence-electron chi connectivity index (χ2n) is 4.73. The van der Waals surface area contributed by atoms with Gasteiger partial charge in [-0.1, -0.05) is 0 Å². The van der Waals surface area contributed by atoms with E-state index in [0.717, 1.165) is 25.1 Å². The van der Waals surface area contributed by atoms with E-state index in [-0.39, 0.29) is 18.4 Å². The minimum Gasteiger partial charge on any atom is -0.278 e. The first-order valence-corrected chi connectivity index (χ1v) is 6.49. The summed E-state index contributed by atoms with van der Waals surface area (Å²) in [5, 5.41) is 1.50. The van der Waals surface area contributed by atoms with Gasteiger partial charge in [-0.25, -0.2) is 5.43 Å². The van der Waals surface area contributed by atoms with Crippen LogP contribution in [-0.2, 0) is 17.5 Å². The molecule has 1 aromatic heterocycles. The number of hydrazine groups is 1. The summed E-state index contributed by atoms with van der Waals surface area (Å²) in [6.45, 7) is 2.58. The van der Waals surface area contributed by atoms with Gasteiger partial charge in [0.05, 0.1) is 17.8 Å². The molecule has 0 radical (unpaired) electrons. The molecule has 1 fully saturated rings. The number of hydrogen-bond acceptors (Lipinski definition) is 3. The lowest BCUT2D eigenvalue weighted by atomic mass is 10.2. The first kappa shape index (κ1) is 14.8. The number of aromatic nitrogens is 1. The Morgan fingerprint density at radius 1 is 1.45 bits per heavy atom. The van der Waals surface area contributed by atoms with E-state index >= 15 is 0 Å². The van der Waals surface area contributed by atoms with Gasteiger partial charge in [0.1, 0.15) is 0 Å². The maximum atomic E-state index is 12.4. The molecular weight excluding hydrogens is 271 g/mol. The molecular formula is C13H16F3N3O. The van der Waals surface area contributed by atoms with Gasteiger partial charge in [-0.15, -0.1) is 0 Å². The molecule has 0 bridgehead atoms.